The van der Waals surface area contributed by atoms with E-state index >= 15 is 0 Å². The lowest BCUT2D eigenvalue weighted by molar-refractivity contribution is 0.0688. The van der Waals surface area contributed by atoms with Crippen molar-refractivity contribution in [2.45, 2.75) is 19.9 Å². The highest BCUT2D eigenvalue weighted by atomic mass is 35.5. The molecule has 0 aliphatic heterocycles. The third-order valence-corrected chi connectivity index (χ3v) is 4.10. The lowest BCUT2D eigenvalue weighted by Gasteiger charge is -2.07. The van der Waals surface area contributed by atoms with Crippen LogP contribution in [0.25, 0.3) is 0 Å². The Kier molecular flexibility index (Phi) is 8.03. The summed E-state index contributed by atoms with van der Waals surface area (Å²) in [5, 5.41) is 7.40. The number of amides is 1. The van der Waals surface area contributed by atoms with E-state index < -0.39 is 0 Å². The van der Waals surface area contributed by atoms with Gasteiger partial charge in [0.1, 0.15) is 11.0 Å². The standard InChI is InChI=1S/C18H23ClFN3O3/c1-13-16(18(24)21-8-3-9-26-11-10-25-2)17(19)23(22-13)12-14-4-6-15(20)7-5-14/h4-7H,3,8-12H2,1-2H3,(H,21,24). The zero-order valence-electron chi connectivity index (χ0n) is 14.9. The number of hydrogen-bond acceptors (Lipinski definition) is 4. The lowest BCUT2D eigenvalue weighted by Crippen LogP contribution is -2.26. The summed E-state index contributed by atoms with van der Waals surface area (Å²) in [6.45, 7) is 4.20. The molecule has 0 unspecified atom stereocenters. The van der Waals surface area contributed by atoms with E-state index in [1.807, 2.05) is 0 Å². The van der Waals surface area contributed by atoms with Crippen LogP contribution in [-0.4, -0.2) is 49.2 Å². The molecule has 0 saturated carbocycles. The predicted molar refractivity (Wildman–Crippen MR) is 97.1 cm³/mol. The maximum atomic E-state index is 13.0. The number of nitrogens with zero attached hydrogens (tertiary/aromatic N) is 2. The van der Waals surface area contributed by atoms with Crippen molar-refractivity contribution >= 4 is 17.5 Å². The van der Waals surface area contributed by atoms with Crippen molar-refractivity contribution in [2.75, 3.05) is 33.5 Å². The van der Waals surface area contributed by atoms with Crippen molar-refractivity contribution in [3.05, 3.63) is 52.1 Å². The van der Waals surface area contributed by atoms with Gasteiger partial charge in [0.15, 0.2) is 0 Å². The second-order valence-corrected chi connectivity index (χ2v) is 6.11. The summed E-state index contributed by atoms with van der Waals surface area (Å²) in [5.41, 5.74) is 1.75. The molecule has 0 fully saturated rings. The first-order valence-corrected chi connectivity index (χ1v) is 8.73. The highest BCUT2D eigenvalue weighted by Gasteiger charge is 2.20. The van der Waals surface area contributed by atoms with E-state index in [1.54, 1.807) is 26.2 Å². The SMILES string of the molecule is COCCOCCCNC(=O)c1c(C)nn(Cc2ccc(F)cc2)c1Cl. The zero-order valence-corrected chi connectivity index (χ0v) is 15.7. The summed E-state index contributed by atoms with van der Waals surface area (Å²) in [6, 6.07) is 6.07. The molecule has 0 aliphatic rings. The van der Waals surface area contributed by atoms with Crippen LogP contribution in [-0.2, 0) is 16.0 Å². The molecule has 8 heteroatoms. The molecule has 6 nitrogen and oxygen atoms in total. The van der Waals surface area contributed by atoms with Crippen LogP contribution in [0.3, 0.4) is 0 Å². The van der Waals surface area contributed by atoms with Crippen LogP contribution in [0.2, 0.25) is 5.15 Å². The minimum absolute atomic E-state index is 0.265. The molecule has 0 atom stereocenters. The van der Waals surface area contributed by atoms with Gasteiger partial charge in [-0.2, -0.15) is 5.10 Å². The van der Waals surface area contributed by atoms with Crippen LogP contribution >= 0.6 is 11.6 Å². The number of aromatic nitrogens is 2. The van der Waals surface area contributed by atoms with Gasteiger partial charge in [0.25, 0.3) is 5.91 Å². The first-order chi connectivity index (χ1) is 12.5. The number of methoxy groups -OCH3 is 1. The van der Waals surface area contributed by atoms with Crippen molar-refractivity contribution in [1.82, 2.24) is 15.1 Å². The fourth-order valence-electron chi connectivity index (χ4n) is 2.39. The molecule has 1 N–H and O–H groups in total. The summed E-state index contributed by atoms with van der Waals surface area (Å²) in [4.78, 5) is 12.4. The molecule has 0 radical (unpaired) electrons. The van der Waals surface area contributed by atoms with Crippen LogP contribution in [0, 0.1) is 12.7 Å². The Morgan fingerprint density at radius 1 is 1.27 bits per heavy atom. The van der Waals surface area contributed by atoms with Gasteiger partial charge < -0.3 is 14.8 Å². The molecule has 0 bridgehead atoms. The molecule has 0 saturated heterocycles. The van der Waals surface area contributed by atoms with Gasteiger partial charge in [-0.15, -0.1) is 0 Å². The molecule has 0 aliphatic carbocycles. The number of benzene rings is 1. The van der Waals surface area contributed by atoms with Crippen molar-refractivity contribution in [2.24, 2.45) is 0 Å². The van der Waals surface area contributed by atoms with E-state index in [9.17, 15) is 9.18 Å². The molecule has 0 spiro atoms. The van der Waals surface area contributed by atoms with Crippen molar-refractivity contribution in [3.8, 4) is 0 Å². The van der Waals surface area contributed by atoms with Crippen LogP contribution in [0.1, 0.15) is 28.0 Å². The Morgan fingerprint density at radius 3 is 2.69 bits per heavy atom. The van der Waals surface area contributed by atoms with Gasteiger partial charge in [0.05, 0.1) is 31.0 Å². The van der Waals surface area contributed by atoms with Gasteiger partial charge in [-0.1, -0.05) is 23.7 Å². The van der Waals surface area contributed by atoms with Gasteiger partial charge >= 0.3 is 0 Å². The Labute approximate surface area is 157 Å². The third kappa shape index (κ3) is 5.79. The largest absolute Gasteiger partial charge is 0.382 e. The third-order valence-electron chi connectivity index (χ3n) is 3.72. The maximum absolute atomic E-state index is 13.0. The van der Waals surface area contributed by atoms with Gasteiger partial charge in [-0.3, -0.25) is 4.79 Å². The second-order valence-electron chi connectivity index (χ2n) is 5.75. The van der Waals surface area contributed by atoms with E-state index in [0.29, 0.717) is 50.6 Å². The zero-order chi connectivity index (χ0) is 18.9. The Morgan fingerprint density at radius 2 is 2.00 bits per heavy atom. The van der Waals surface area contributed by atoms with Crippen molar-refractivity contribution in [3.63, 3.8) is 0 Å². The fraction of sp³-hybridized carbons (Fsp3) is 0.444. The quantitative estimate of drug-likeness (QED) is 0.641. The molecular formula is C18H23ClFN3O3. The maximum Gasteiger partial charge on any atom is 0.256 e. The lowest BCUT2D eigenvalue weighted by atomic mass is 10.2. The minimum atomic E-state index is -0.303. The van der Waals surface area contributed by atoms with Gasteiger partial charge in [-0.25, -0.2) is 9.07 Å². The number of hydrogen-bond donors (Lipinski definition) is 1. The molecule has 2 rings (SSSR count). The summed E-state index contributed by atoms with van der Waals surface area (Å²) in [5.74, 6) is -0.572. The first-order valence-electron chi connectivity index (χ1n) is 8.35. The second kappa shape index (κ2) is 10.3. The van der Waals surface area contributed by atoms with E-state index in [1.165, 1.54) is 16.8 Å². The Bertz CT molecular complexity index is 719. The number of nitrogens with one attached hydrogen (secondary N) is 1. The number of halogens is 2. The topological polar surface area (TPSA) is 65.4 Å². The van der Waals surface area contributed by atoms with Gasteiger partial charge in [0, 0.05) is 20.3 Å². The summed E-state index contributed by atoms with van der Waals surface area (Å²) < 4.78 is 24.8. The number of ether oxygens (including phenoxy) is 2. The summed E-state index contributed by atoms with van der Waals surface area (Å²) in [6.07, 6.45) is 0.690. The Hall–Kier alpha value is -1.96. The van der Waals surface area contributed by atoms with Crippen LogP contribution in [0.4, 0.5) is 4.39 Å². The van der Waals surface area contributed by atoms with Crippen molar-refractivity contribution < 1.29 is 18.7 Å². The van der Waals surface area contributed by atoms with E-state index in [4.69, 9.17) is 21.1 Å². The van der Waals surface area contributed by atoms with Crippen LogP contribution in [0.15, 0.2) is 24.3 Å². The van der Waals surface area contributed by atoms with Crippen LogP contribution in [0.5, 0.6) is 0 Å². The number of carbonyl (C=O) groups is 1. The Balaban J connectivity index is 1.89. The monoisotopic (exact) mass is 383 g/mol. The number of aryl methyl sites for hydroxylation is 1. The van der Waals surface area contributed by atoms with Crippen LogP contribution < -0.4 is 5.32 Å². The minimum Gasteiger partial charge on any atom is -0.382 e. The molecule has 142 valence electrons. The molecule has 1 aromatic carbocycles. The summed E-state index contributed by atoms with van der Waals surface area (Å²) in [7, 11) is 1.62. The van der Waals surface area contributed by atoms with Gasteiger partial charge in [-0.05, 0) is 31.0 Å². The highest BCUT2D eigenvalue weighted by Crippen LogP contribution is 2.21. The van der Waals surface area contributed by atoms with Crippen molar-refractivity contribution in [1.29, 1.82) is 0 Å². The average Bonchev–Trinajstić information content (AvgIpc) is 2.89. The molecule has 1 aromatic heterocycles. The molecule has 26 heavy (non-hydrogen) atoms. The molecule has 1 amide bonds. The number of rotatable bonds is 10. The number of carbonyl (C=O) groups excluding carboxylic acids is 1. The highest BCUT2D eigenvalue weighted by molar-refractivity contribution is 6.33. The molecular weight excluding hydrogens is 361 g/mol. The smallest absolute Gasteiger partial charge is 0.256 e. The molecule has 1 heterocycles. The molecule has 2 aromatic rings. The predicted octanol–water partition coefficient (Wildman–Crippen LogP) is 2.82. The average molecular weight is 384 g/mol. The van der Waals surface area contributed by atoms with E-state index in [0.717, 1.165) is 5.56 Å². The first kappa shape index (κ1) is 20.4. The fourth-order valence-corrected chi connectivity index (χ4v) is 2.71. The normalized spacial score (nSPS) is 10.9. The van der Waals surface area contributed by atoms with Gasteiger partial charge in [0.2, 0.25) is 0 Å². The van der Waals surface area contributed by atoms with E-state index in [-0.39, 0.29) is 16.9 Å². The van der Waals surface area contributed by atoms with E-state index in [2.05, 4.69) is 10.4 Å². The summed E-state index contributed by atoms with van der Waals surface area (Å²) >= 11 is 6.33.